The lowest BCUT2D eigenvalue weighted by Gasteiger charge is -2.35. The molecule has 5 heteroatoms. The number of hydrogen-bond donors (Lipinski definition) is 1. The first-order valence-electron chi connectivity index (χ1n) is 9.57. The highest BCUT2D eigenvalue weighted by molar-refractivity contribution is 6.74. The van der Waals surface area contributed by atoms with Gasteiger partial charge in [-0.25, -0.2) is 0 Å². The number of ether oxygens (including phenoxy) is 2. The van der Waals surface area contributed by atoms with Crippen LogP contribution < -0.4 is 0 Å². The second-order valence-electron chi connectivity index (χ2n) is 7.90. The molecule has 1 N–H and O–H groups in total. The summed E-state index contributed by atoms with van der Waals surface area (Å²) in [6, 6.07) is 0. The molecule has 150 valence electrons. The van der Waals surface area contributed by atoms with Crippen molar-refractivity contribution in [1.29, 1.82) is 0 Å². The normalized spacial score (nSPS) is 18.8. The van der Waals surface area contributed by atoms with Gasteiger partial charge in [0.1, 0.15) is 0 Å². The van der Waals surface area contributed by atoms with Gasteiger partial charge in [0, 0.05) is 25.2 Å². The fraction of sp³-hybridized carbons (Fsp3) is 0.636. The predicted molar refractivity (Wildman–Crippen MR) is 113 cm³/mol. The van der Waals surface area contributed by atoms with Gasteiger partial charge in [-0.1, -0.05) is 38.5 Å². The van der Waals surface area contributed by atoms with Gasteiger partial charge in [0.05, 0.1) is 12.7 Å². The molecule has 1 atom stereocenters. The lowest BCUT2D eigenvalue weighted by molar-refractivity contribution is -0.0969. The van der Waals surface area contributed by atoms with Gasteiger partial charge >= 0.3 is 0 Å². The number of allylic oxidation sites excluding steroid dienone is 2. The van der Waals surface area contributed by atoms with Crippen LogP contribution in [0.3, 0.4) is 0 Å². The summed E-state index contributed by atoms with van der Waals surface area (Å²) in [7, 11) is -1.78. The molecule has 27 heavy (non-hydrogen) atoms. The Morgan fingerprint density at radius 3 is 2.44 bits per heavy atom. The van der Waals surface area contributed by atoms with E-state index >= 15 is 0 Å². The first-order valence-corrected chi connectivity index (χ1v) is 12.5. The van der Waals surface area contributed by atoms with Crippen LogP contribution in [0.2, 0.25) is 18.1 Å². The second-order valence-corrected chi connectivity index (χ2v) is 12.7. The van der Waals surface area contributed by atoms with Crippen LogP contribution in [0.1, 0.15) is 41.0 Å². The largest absolute Gasteiger partial charge is 0.406 e. The lowest BCUT2D eigenvalue weighted by atomic mass is 10.1. The van der Waals surface area contributed by atoms with Crippen molar-refractivity contribution < 1.29 is 19.0 Å². The van der Waals surface area contributed by atoms with Crippen molar-refractivity contribution in [2.24, 2.45) is 0 Å². The van der Waals surface area contributed by atoms with Gasteiger partial charge in [-0.3, -0.25) is 0 Å². The Morgan fingerprint density at radius 2 is 1.89 bits per heavy atom. The highest BCUT2D eigenvalue weighted by Gasteiger charge is 2.36. The van der Waals surface area contributed by atoms with Gasteiger partial charge in [-0.15, -0.1) is 0 Å². The number of aliphatic hydroxyl groups is 1. The monoisotopic (exact) mass is 390 g/mol. The summed E-state index contributed by atoms with van der Waals surface area (Å²) in [4.78, 5) is 0. The molecule has 1 rings (SSSR count). The molecule has 0 amide bonds. The van der Waals surface area contributed by atoms with Gasteiger partial charge in [-0.05, 0) is 55.6 Å². The van der Waals surface area contributed by atoms with Crippen LogP contribution >= 0.6 is 0 Å². The maximum absolute atomic E-state index is 9.93. The van der Waals surface area contributed by atoms with Crippen molar-refractivity contribution in [1.82, 2.24) is 0 Å². The maximum Gasteiger partial charge on any atom is 0.222 e. The first kappa shape index (κ1) is 23.7. The maximum atomic E-state index is 9.93. The van der Waals surface area contributed by atoms with Crippen LogP contribution in [0.15, 0.2) is 23.3 Å². The molecular formula is C22H34O4Si. The fourth-order valence-corrected chi connectivity index (χ4v) is 3.00. The molecule has 1 unspecified atom stereocenters. The van der Waals surface area contributed by atoms with Crippen molar-refractivity contribution in [3.63, 3.8) is 0 Å². The van der Waals surface area contributed by atoms with Gasteiger partial charge in [-0.2, -0.15) is 0 Å². The SMILES string of the molecule is CCOC(C#CC1=CC(O)C/C1=C/C#CCO[Si](C)(C)C(C)(C)C)OCC. The average Bonchev–Trinajstić information content (AvgIpc) is 2.91. The Kier molecular flexibility index (Phi) is 9.53. The van der Waals surface area contributed by atoms with E-state index in [1.807, 2.05) is 19.9 Å². The van der Waals surface area contributed by atoms with Crippen molar-refractivity contribution in [3.05, 3.63) is 23.3 Å². The van der Waals surface area contributed by atoms with E-state index in [1.54, 1.807) is 6.08 Å². The van der Waals surface area contributed by atoms with Gasteiger partial charge < -0.3 is 19.0 Å². The molecule has 0 aromatic heterocycles. The Hall–Kier alpha value is -1.34. The van der Waals surface area contributed by atoms with E-state index in [2.05, 4.69) is 57.5 Å². The van der Waals surface area contributed by atoms with Crippen LogP contribution in [-0.2, 0) is 13.9 Å². The van der Waals surface area contributed by atoms with Gasteiger partial charge in [0.25, 0.3) is 0 Å². The molecule has 0 aliphatic heterocycles. The Morgan fingerprint density at radius 1 is 1.26 bits per heavy atom. The zero-order valence-corrected chi connectivity index (χ0v) is 18.8. The van der Waals surface area contributed by atoms with Crippen molar-refractivity contribution in [2.45, 2.75) is 71.6 Å². The Bertz CT molecular complexity index is 656. The fourth-order valence-electron chi connectivity index (χ4n) is 2.14. The van der Waals surface area contributed by atoms with Crippen molar-refractivity contribution in [2.75, 3.05) is 19.8 Å². The third kappa shape index (κ3) is 8.05. The smallest absolute Gasteiger partial charge is 0.222 e. The Labute approximate surface area is 166 Å². The average molecular weight is 391 g/mol. The van der Waals surface area contributed by atoms with E-state index in [-0.39, 0.29) is 5.04 Å². The van der Waals surface area contributed by atoms with E-state index < -0.39 is 20.7 Å². The van der Waals surface area contributed by atoms with Gasteiger partial charge in [0.2, 0.25) is 6.29 Å². The number of aliphatic hydroxyl groups excluding tert-OH is 1. The molecular weight excluding hydrogens is 356 g/mol. The second kappa shape index (κ2) is 10.9. The molecule has 0 fully saturated rings. The summed E-state index contributed by atoms with van der Waals surface area (Å²) in [5.41, 5.74) is 1.72. The third-order valence-electron chi connectivity index (χ3n) is 4.75. The highest BCUT2D eigenvalue weighted by atomic mass is 28.4. The van der Waals surface area contributed by atoms with Crippen molar-refractivity contribution >= 4 is 8.32 Å². The van der Waals surface area contributed by atoms with Gasteiger partial charge in [0.15, 0.2) is 8.32 Å². The van der Waals surface area contributed by atoms with E-state index in [1.165, 1.54) is 0 Å². The molecule has 0 aromatic rings. The summed E-state index contributed by atoms with van der Waals surface area (Å²) in [5, 5.41) is 10.1. The molecule has 4 nitrogen and oxygen atoms in total. The zero-order chi connectivity index (χ0) is 20.5. The Balaban J connectivity index is 2.76. The summed E-state index contributed by atoms with van der Waals surface area (Å²) >= 11 is 0. The molecule has 0 bridgehead atoms. The standard InChI is InChI=1S/C22H34O4Si/c1-8-24-21(25-9-2)14-13-19-17-20(23)16-18(19)12-10-11-15-26-27(6,7)22(3,4)5/h12,17,20-21,23H,8-9,15-16H2,1-7H3/b18-12-. The van der Waals surface area contributed by atoms with Crippen LogP contribution in [0.4, 0.5) is 0 Å². The molecule has 0 aromatic carbocycles. The summed E-state index contributed by atoms with van der Waals surface area (Å²) in [5.74, 6) is 12.1. The van der Waals surface area contributed by atoms with Crippen LogP contribution in [0, 0.1) is 23.7 Å². The number of hydrogen-bond acceptors (Lipinski definition) is 4. The van der Waals surface area contributed by atoms with Crippen LogP contribution in [-0.4, -0.2) is 45.6 Å². The molecule has 0 saturated heterocycles. The van der Waals surface area contributed by atoms with Crippen molar-refractivity contribution in [3.8, 4) is 23.7 Å². The quantitative estimate of drug-likeness (QED) is 0.423. The highest BCUT2D eigenvalue weighted by Crippen LogP contribution is 2.36. The minimum absolute atomic E-state index is 0.172. The van der Waals surface area contributed by atoms with E-state index in [4.69, 9.17) is 13.9 Å². The van der Waals surface area contributed by atoms with Crippen LogP contribution in [0.25, 0.3) is 0 Å². The lowest BCUT2D eigenvalue weighted by Crippen LogP contribution is -2.40. The number of rotatable bonds is 6. The molecule has 0 saturated carbocycles. The predicted octanol–water partition coefficient (Wildman–Crippen LogP) is 4.03. The van der Waals surface area contributed by atoms with E-state index in [0.29, 0.717) is 26.2 Å². The summed E-state index contributed by atoms with van der Waals surface area (Å²) in [6.45, 7) is 16.3. The summed E-state index contributed by atoms with van der Waals surface area (Å²) in [6.07, 6.45) is 3.02. The first-order chi connectivity index (χ1) is 12.6. The molecule has 1 aliphatic rings. The zero-order valence-electron chi connectivity index (χ0n) is 17.8. The molecule has 0 heterocycles. The minimum Gasteiger partial charge on any atom is -0.406 e. The van der Waals surface area contributed by atoms with E-state index in [0.717, 1.165) is 11.1 Å². The molecule has 0 radical (unpaired) electrons. The van der Waals surface area contributed by atoms with E-state index in [9.17, 15) is 5.11 Å². The topological polar surface area (TPSA) is 47.9 Å². The van der Waals surface area contributed by atoms with Crippen LogP contribution in [0.5, 0.6) is 0 Å². The summed E-state index contributed by atoms with van der Waals surface area (Å²) < 4.78 is 16.9. The third-order valence-corrected chi connectivity index (χ3v) is 9.23. The molecule has 0 spiro atoms. The minimum atomic E-state index is -1.78. The molecule has 1 aliphatic carbocycles.